The van der Waals surface area contributed by atoms with Crippen LogP contribution in [0.2, 0.25) is 0 Å². The molecule has 138 valence electrons. The van der Waals surface area contributed by atoms with E-state index in [1.807, 2.05) is 37.3 Å². The molecule has 3 aliphatic rings. The van der Waals surface area contributed by atoms with Gasteiger partial charge in [-0.05, 0) is 12.0 Å². The zero-order valence-corrected chi connectivity index (χ0v) is 14.3. The second-order valence-electron chi connectivity index (χ2n) is 7.06. The molecule has 3 N–H and O–H groups in total. The first-order valence-corrected chi connectivity index (χ1v) is 8.48. The minimum atomic E-state index is -1.43. The smallest absolute Gasteiger partial charge is 0.306 e. The summed E-state index contributed by atoms with van der Waals surface area (Å²) in [5.41, 5.74) is 6.82. The number of hydrogen-bond donors (Lipinski definition) is 2. The van der Waals surface area contributed by atoms with Crippen LogP contribution in [0.1, 0.15) is 25.3 Å². The van der Waals surface area contributed by atoms with Crippen LogP contribution in [-0.4, -0.2) is 49.0 Å². The summed E-state index contributed by atoms with van der Waals surface area (Å²) in [6.07, 6.45) is -0.814. The van der Waals surface area contributed by atoms with Gasteiger partial charge in [-0.15, -0.1) is 0 Å². The molecule has 0 saturated carbocycles. The second kappa shape index (κ2) is 7.39. The summed E-state index contributed by atoms with van der Waals surface area (Å²) in [5.74, 6) is -1.82. The Hall–Kier alpha value is -1.51. The van der Waals surface area contributed by atoms with Gasteiger partial charge in [-0.1, -0.05) is 37.3 Å². The molecule has 0 radical (unpaired) electrons. The third-order valence-electron chi connectivity index (χ3n) is 4.58. The van der Waals surface area contributed by atoms with E-state index in [0.29, 0.717) is 19.8 Å². The molecule has 3 saturated heterocycles. The molecular formula is C18H25NO6. The van der Waals surface area contributed by atoms with Crippen molar-refractivity contribution in [1.29, 1.82) is 0 Å². The van der Waals surface area contributed by atoms with E-state index < -0.39 is 24.1 Å². The molecule has 3 aliphatic heterocycles. The highest BCUT2D eigenvalue weighted by atomic mass is 16.9. The highest BCUT2D eigenvalue weighted by Gasteiger charge is 2.55. The summed E-state index contributed by atoms with van der Waals surface area (Å²) in [6.45, 7) is 3.60. The number of aliphatic hydroxyl groups excluding tert-OH is 1. The van der Waals surface area contributed by atoms with E-state index in [4.69, 9.17) is 24.7 Å². The average molecular weight is 351 g/mol. The lowest BCUT2D eigenvalue weighted by molar-refractivity contribution is -0.476. The first-order valence-electron chi connectivity index (χ1n) is 8.48. The number of benzene rings is 1. The Balaban J connectivity index is 1.44. The standard InChI is InChI=1S/C18H25NO6/c1-17-10-23-18(24-11-17,25-12-17)16(19)14(20)7-8-15(21)22-9-13-5-3-2-4-6-13/h2-6,14,16,20H,7-12,19H2,1H3/t14-,16+,17?,18?/m1/s1. The largest absolute Gasteiger partial charge is 0.461 e. The molecule has 3 heterocycles. The van der Waals surface area contributed by atoms with Crippen molar-refractivity contribution in [3.05, 3.63) is 35.9 Å². The van der Waals surface area contributed by atoms with Gasteiger partial charge < -0.3 is 29.8 Å². The van der Waals surface area contributed by atoms with Crippen LogP contribution in [0.5, 0.6) is 0 Å². The van der Waals surface area contributed by atoms with Gasteiger partial charge in [-0.25, -0.2) is 0 Å². The van der Waals surface area contributed by atoms with Gasteiger partial charge >= 0.3 is 11.9 Å². The minimum Gasteiger partial charge on any atom is -0.461 e. The molecule has 7 nitrogen and oxygen atoms in total. The maximum absolute atomic E-state index is 11.9. The van der Waals surface area contributed by atoms with Gasteiger partial charge in [-0.2, -0.15) is 0 Å². The summed E-state index contributed by atoms with van der Waals surface area (Å²) in [5, 5.41) is 10.3. The fourth-order valence-electron chi connectivity index (χ4n) is 2.85. The lowest BCUT2D eigenvalue weighted by atomic mass is 9.90. The van der Waals surface area contributed by atoms with E-state index in [2.05, 4.69) is 0 Å². The molecule has 7 heteroatoms. The summed E-state index contributed by atoms with van der Waals surface area (Å²) < 4.78 is 22.0. The Morgan fingerprint density at radius 3 is 2.44 bits per heavy atom. The van der Waals surface area contributed by atoms with Crippen LogP contribution in [0.4, 0.5) is 0 Å². The zero-order valence-electron chi connectivity index (χ0n) is 14.3. The van der Waals surface area contributed by atoms with Crippen LogP contribution in [0.15, 0.2) is 30.3 Å². The minimum absolute atomic E-state index is 0.0511. The van der Waals surface area contributed by atoms with E-state index >= 15 is 0 Å². The van der Waals surface area contributed by atoms with Crippen molar-refractivity contribution < 1.29 is 28.8 Å². The van der Waals surface area contributed by atoms with Crippen molar-refractivity contribution in [2.75, 3.05) is 19.8 Å². The van der Waals surface area contributed by atoms with E-state index in [1.54, 1.807) is 0 Å². The Morgan fingerprint density at radius 2 is 1.84 bits per heavy atom. The molecule has 2 bridgehead atoms. The Kier molecular flexibility index (Phi) is 5.41. The van der Waals surface area contributed by atoms with Gasteiger partial charge in [-0.3, -0.25) is 4.79 Å². The third-order valence-corrected chi connectivity index (χ3v) is 4.58. The van der Waals surface area contributed by atoms with E-state index in [1.165, 1.54) is 0 Å². The van der Waals surface area contributed by atoms with Crippen LogP contribution >= 0.6 is 0 Å². The zero-order chi connectivity index (χ0) is 17.9. The van der Waals surface area contributed by atoms with Crippen LogP contribution in [-0.2, 0) is 30.3 Å². The first kappa shape index (κ1) is 18.3. The van der Waals surface area contributed by atoms with Crippen molar-refractivity contribution in [3.63, 3.8) is 0 Å². The Morgan fingerprint density at radius 1 is 1.24 bits per heavy atom. The lowest BCUT2D eigenvalue weighted by Gasteiger charge is -2.52. The monoisotopic (exact) mass is 351 g/mol. The van der Waals surface area contributed by atoms with Gasteiger partial charge in [0, 0.05) is 11.8 Å². The second-order valence-corrected chi connectivity index (χ2v) is 7.06. The summed E-state index contributed by atoms with van der Waals surface area (Å²) in [7, 11) is 0. The fraction of sp³-hybridized carbons (Fsp3) is 0.611. The van der Waals surface area contributed by atoms with Crippen molar-refractivity contribution in [1.82, 2.24) is 0 Å². The lowest BCUT2D eigenvalue weighted by Crippen LogP contribution is -2.68. The number of nitrogens with two attached hydrogens (primary N) is 1. The Labute approximate surface area is 147 Å². The topological polar surface area (TPSA) is 100 Å². The van der Waals surface area contributed by atoms with Crippen LogP contribution < -0.4 is 5.73 Å². The van der Waals surface area contributed by atoms with Gasteiger partial charge in [0.05, 0.1) is 25.9 Å². The maximum atomic E-state index is 11.9. The van der Waals surface area contributed by atoms with Crippen molar-refractivity contribution in [2.24, 2.45) is 11.1 Å². The number of fused-ring (bicyclic) bond motifs is 3. The highest BCUT2D eigenvalue weighted by molar-refractivity contribution is 5.69. The highest BCUT2D eigenvalue weighted by Crippen LogP contribution is 2.40. The molecular weight excluding hydrogens is 326 g/mol. The number of esters is 1. The van der Waals surface area contributed by atoms with E-state index in [0.717, 1.165) is 5.56 Å². The van der Waals surface area contributed by atoms with Crippen LogP contribution in [0.25, 0.3) is 0 Å². The van der Waals surface area contributed by atoms with Gasteiger partial charge in [0.15, 0.2) is 0 Å². The molecule has 0 unspecified atom stereocenters. The van der Waals surface area contributed by atoms with E-state index in [-0.39, 0.29) is 24.9 Å². The van der Waals surface area contributed by atoms with Crippen molar-refractivity contribution >= 4 is 5.97 Å². The average Bonchev–Trinajstić information content (AvgIpc) is 2.65. The Bertz CT molecular complexity index is 568. The van der Waals surface area contributed by atoms with Gasteiger partial charge in [0.1, 0.15) is 12.6 Å². The number of rotatable bonds is 7. The van der Waals surface area contributed by atoms with Crippen LogP contribution in [0, 0.1) is 5.41 Å². The third kappa shape index (κ3) is 4.19. The fourth-order valence-corrected chi connectivity index (χ4v) is 2.85. The molecule has 0 amide bonds. The quantitative estimate of drug-likeness (QED) is 0.705. The predicted octanol–water partition coefficient (Wildman–Crippen LogP) is 0.935. The molecule has 4 rings (SSSR count). The number of hydrogen-bond acceptors (Lipinski definition) is 7. The molecule has 1 aromatic rings. The molecule has 1 aromatic carbocycles. The molecule has 2 atom stereocenters. The summed E-state index contributed by atoms with van der Waals surface area (Å²) in [6, 6.07) is 8.51. The van der Waals surface area contributed by atoms with Gasteiger partial charge in [0.2, 0.25) is 0 Å². The summed E-state index contributed by atoms with van der Waals surface area (Å²) >= 11 is 0. The molecule has 0 spiro atoms. The van der Waals surface area contributed by atoms with Gasteiger partial charge in [0.25, 0.3) is 0 Å². The normalized spacial score (nSPS) is 30.7. The number of carbonyl (C=O) groups excluding carboxylic acids is 1. The molecule has 0 aromatic heterocycles. The predicted molar refractivity (Wildman–Crippen MR) is 88.1 cm³/mol. The number of aliphatic hydroxyl groups is 1. The summed E-state index contributed by atoms with van der Waals surface area (Å²) in [4.78, 5) is 11.9. The molecule has 3 fully saturated rings. The first-order chi connectivity index (χ1) is 11.9. The SMILES string of the molecule is CC12COC([C@@H](N)[C@H](O)CCC(=O)OCc3ccccc3)(OC1)OC2. The molecule has 0 aliphatic carbocycles. The van der Waals surface area contributed by atoms with Crippen molar-refractivity contribution in [3.8, 4) is 0 Å². The van der Waals surface area contributed by atoms with E-state index in [9.17, 15) is 9.90 Å². The van der Waals surface area contributed by atoms with Crippen molar-refractivity contribution in [2.45, 2.75) is 44.5 Å². The number of ether oxygens (including phenoxy) is 4. The number of carbonyl (C=O) groups is 1. The maximum Gasteiger partial charge on any atom is 0.306 e. The van der Waals surface area contributed by atoms with Crippen LogP contribution in [0.3, 0.4) is 0 Å². The molecule has 25 heavy (non-hydrogen) atoms.